The van der Waals surface area contributed by atoms with Crippen molar-refractivity contribution in [3.8, 4) is 11.3 Å². The lowest BCUT2D eigenvalue weighted by atomic mass is 10.1. The van der Waals surface area contributed by atoms with Crippen molar-refractivity contribution in [3.05, 3.63) is 93.7 Å². The fourth-order valence-corrected chi connectivity index (χ4v) is 3.33. The number of hydrogen-bond acceptors (Lipinski definition) is 6. The van der Waals surface area contributed by atoms with Crippen LogP contribution in [0.3, 0.4) is 0 Å². The quantitative estimate of drug-likeness (QED) is 0.229. The molecular weight excluding hydrogens is 432 g/mol. The van der Waals surface area contributed by atoms with Gasteiger partial charge in [-0.1, -0.05) is 48.0 Å². The van der Waals surface area contributed by atoms with Crippen LogP contribution in [0.15, 0.2) is 82.3 Å². The van der Waals surface area contributed by atoms with Gasteiger partial charge in [-0.2, -0.15) is 5.10 Å². The molecule has 0 atom stereocenters. The van der Waals surface area contributed by atoms with E-state index in [0.717, 1.165) is 16.5 Å². The number of halogens is 1. The first kappa shape index (κ1) is 21.1. The van der Waals surface area contributed by atoms with Crippen LogP contribution in [0.5, 0.6) is 0 Å². The number of hydrazone groups is 1. The van der Waals surface area contributed by atoms with E-state index in [1.165, 1.54) is 18.3 Å². The van der Waals surface area contributed by atoms with E-state index in [1.807, 2.05) is 42.5 Å². The van der Waals surface area contributed by atoms with Crippen molar-refractivity contribution in [2.24, 2.45) is 5.10 Å². The van der Waals surface area contributed by atoms with Crippen LogP contribution in [0.1, 0.15) is 5.76 Å². The van der Waals surface area contributed by atoms with Crippen molar-refractivity contribution < 1.29 is 14.1 Å². The van der Waals surface area contributed by atoms with Gasteiger partial charge >= 0.3 is 0 Å². The number of nitrogens with one attached hydrogen (secondary N) is 2. The Labute approximate surface area is 187 Å². The first-order valence-electron chi connectivity index (χ1n) is 9.59. The summed E-state index contributed by atoms with van der Waals surface area (Å²) in [6, 6.07) is 21.4. The number of nitro groups is 1. The van der Waals surface area contributed by atoms with E-state index in [-0.39, 0.29) is 23.2 Å². The van der Waals surface area contributed by atoms with Crippen LogP contribution in [0, 0.1) is 10.1 Å². The second kappa shape index (κ2) is 9.32. The molecule has 0 unspecified atom stereocenters. The number of fused-ring (bicyclic) bond motifs is 1. The monoisotopic (exact) mass is 448 g/mol. The third-order valence-corrected chi connectivity index (χ3v) is 4.98. The molecule has 1 amide bonds. The van der Waals surface area contributed by atoms with Gasteiger partial charge in [0.1, 0.15) is 16.5 Å². The maximum atomic E-state index is 12.1. The third kappa shape index (κ3) is 4.76. The highest BCUT2D eigenvalue weighted by molar-refractivity contribution is 6.32. The maximum Gasteiger partial charge on any atom is 0.288 e. The topological polar surface area (TPSA) is 110 Å². The zero-order valence-corrected chi connectivity index (χ0v) is 17.4. The molecular formula is C23H17ClN4O4. The summed E-state index contributed by atoms with van der Waals surface area (Å²) in [7, 11) is 0. The Morgan fingerprint density at radius 3 is 2.75 bits per heavy atom. The molecule has 0 saturated carbocycles. The van der Waals surface area contributed by atoms with E-state index in [9.17, 15) is 14.9 Å². The zero-order chi connectivity index (χ0) is 22.5. The third-order valence-electron chi connectivity index (χ3n) is 4.66. The molecule has 0 fully saturated rings. The number of carbonyl (C=O) groups excluding carboxylic acids is 1. The lowest BCUT2D eigenvalue weighted by molar-refractivity contribution is -0.384. The molecule has 4 aromatic rings. The van der Waals surface area contributed by atoms with Crippen LogP contribution in [-0.4, -0.2) is 23.6 Å². The van der Waals surface area contributed by atoms with Crippen LogP contribution in [0.25, 0.3) is 22.1 Å². The number of carbonyl (C=O) groups is 1. The van der Waals surface area contributed by atoms with Gasteiger partial charge in [-0.15, -0.1) is 0 Å². The molecule has 0 spiro atoms. The van der Waals surface area contributed by atoms with Crippen LogP contribution in [0.2, 0.25) is 5.02 Å². The molecule has 0 saturated heterocycles. The Bertz CT molecular complexity index is 1330. The number of amides is 1. The molecule has 4 rings (SSSR count). The van der Waals surface area contributed by atoms with E-state index in [4.69, 9.17) is 16.0 Å². The van der Waals surface area contributed by atoms with Gasteiger partial charge in [0, 0.05) is 22.7 Å². The van der Waals surface area contributed by atoms with Crippen LogP contribution < -0.4 is 10.7 Å². The normalized spacial score (nSPS) is 11.0. The van der Waals surface area contributed by atoms with Gasteiger partial charge in [0.25, 0.3) is 11.6 Å². The van der Waals surface area contributed by atoms with Gasteiger partial charge in [0.05, 0.1) is 17.7 Å². The summed E-state index contributed by atoms with van der Waals surface area (Å²) in [6.45, 7) is 0.0448. The largest absolute Gasteiger partial charge is 0.455 e. The predicted molar refractivity (Wildman–Crippen MR) is 124 cm³/mol. The van der Waals surface area contributed by atoms with Crippen LogP contribution in [0.4, 0.5) is 11.4 Å². The minimum atomic E-state index is -0.557. The van der Waals surface area contributed by atoms with E-state index >= 15 is 0 Å². The van der Waals surface area contributed by atoms with E-state index in [2.05, 4.69) is 15.8 Å². The fourth-order valence-electron chi connectivity index (χ4n) is 3.15. The lowest BCUT2D eigenvalue weighted by Crippen LogP contribution is -2.25. The summed E-state index contributed by atoms with van der Waals surface area (Å²) in [5, 5.41) is 20.2. The smallest absolute Gasteiger partial charge is 0.288 e. The minimum Gasteiger partial charge on any atom is -0.455 e. The van der Waals surface area contributed by atoms with E-state index in [1.54, 1.807) is 18.2 Å². The van der Waals surface area contributed by atoms with Gasteiger partial charge in [-0.25, -0.2) is 5.43 Å². The zero-order valence-electron chi connectivity index (χ0n) is 16.6. The van der Waals surface area contributed by atoms with Crippen LogP contribution in [-0.2, 0) is 4.79 Å². The first-order chi connectivity index (χ1) is 15.5. The molecule has 1 heterocycles. The van der Waals surface area contributed by atoms with Gasteiger partial charge in [0.15, 0.2) is 0 Å². The van der Waals surface area contributed by atoms with E-state index in [0.29, 0.717) is 17.1 Å². The SMILES string of the molecule is O=C(CNc1cccc2ccccc12)N/N=C\c1ccc(-c2ccc(Cl)c([N+](=O)[O-])c2)o1. The molecule has 0 aliphatic rings. The standard InChI is InChI=1S/C23H17ClN4O4/c24-19-10-8-16(12-21(19)28(30)31)22-11-9-17(32-22)13-26-27-23(29)14-25-20-7-3-5-15-4-1-2-6-18(15)20/h1-13,25H,14H2,(H,27,29)/b26-13-. The number of furan rings is 1. The first-order valence-corrected chi connectivity index (χ1v) is 9.97. The molecule has 0 aliphatic heterocycles. The lowest BCUT2D eigenvalue weighted by Gasteiger charge is -2.08. The van der Waals surface area contributed by atoms with Crippen molar-refractivity contribution in [1.82, 2.24) is 5.43 Å². The Morgan fingerprint density at radius 1 is 1.09 bits per heavy atom. The number of benzene rings is 3. The average molecular weight is 449 g/mol. The number of nitrogens with zero attached hydrogens (tertiary/aromatic N) is 2. The summed E-state index contributed by atoms with van der Waals surface area (Å²) >= 11 is 5.84. The second-order valence-corrected chi connectivity index (χ2v) is 7.21. The number of hydrogen-bond donors (Lipinski definition) is 2. The molecule has 2 N–H and O–H groups in total. The molecule has 0 aliphatic carbocycles. The summed E-state index contributed by atoms with van der Waals surface area (Å²) < 4.78 is 5.62. The summed E-state index contributed by atoms with van der Waals surface area (Å²) in [5.41, 5.74) is 3.58. The molecule has 1 aromatic heterocycles. The van der Waals surface area contributed by atoms with Crippen molar-refractivity contribution in [3.63, 3.8) is 0 Å². The van der Waals surface area contributed by atoms with E-state index < -0.39 is 4.92 Å². The molecule has 0 bridgehead atoms. The summed E-state index contributed by atoms with van der Waals surface area (Å²) in [4.78, 5) is 22.6. The highest BCUT2D eigenvalue weighted by atomic mass is 35.5. The van der Waals surface area contributed by atoms with Gasteiger partial charge < -0.3 is 9.73 Å². The maximum absolute atomic E-state index is 12.1. The molecule has 8 nitrogen and oxygen atoms in total. The molecule has 32 heavy (non-hydrogen) atoms. The number of rotatable bonds is 7. The molecule has 3 aromatic carbocycles. The Morgan fingerprint density at radius 2 is 1.91 bits per heavy atom. The predicted octanol–water partition coefficient (Wildman–Crippen LogP) is 5.22. The minimum absolute atomic E-state index is 0.0448. The molecule has 0 radical (unpaired) electrons. The average Bonchev–Trinajstić information content (AvgIpc) is 3.26. The number of anilines is 1. The second-order valence-electron chi connectivity index (χ2n) is 6.80. The summed E-state index contributed by atoms with van der Waals surface area (Å²) in [5.74, 6) is 0.462. The molecule has 9 heteroatoms. The van der Waals surface area contributed by atoms with Crippen molar-refractivity contribution >= 4 is 45.9 Å². The molecule has 160 valence electrons. The van der Waals surface area contributed by atoms with Gasteiger partial charge in [-0.3, -0.25) is 14.9 Å². The fraction of sp³-hybridized carbons (Fsp3) is 0.0435. The van der Waals surface area contributed by atoms with Crippen molar-refractivity contribution in [2.75, 3.05) is 11.9 Å². The van der Waals surface area contributed by atoms with Crippen molar-refractivity contribution in [1.29, 1.82) is 0 Å². The Kier molecular flexibility index (Phi) is 6.14. The highest BCUT2D eigenvalue weighted by Gasteiger charge is 2.15. The van der Waals surface area contributed by atoms with Crippen molar-refractivity contribution in [2.45, 2.75) is 0 Å². The summed E-state index contributed by atoms with van der Waals surface area (Å²) in [6.07, 6.45) is 1.35. The van der Waals surface area contributed by atoms with Gasteiger partial charge in [0.2, 0.25) is 0 Å². The Balaban J connectivity index is 1.35. The highest BCUT2D eigenvalue weighted by Crippen LogP contribution is 2.31. The number of nitro benzene ring substituents is 1. The van der Waals surface area contributed by atoms with Crippen LogP contribution >= 0.6 is 11.6 Å². The Hall–Kier alpha value is -4.17. The van der Waals surface area contributed by atoms with Gasteiger partial charge in [-0.05, 0) is 35.7 Å².